The molecular weight excluding hydrogens is 462 g/mol. The molecule has 0 saturated heterocycles. The minimum Gasteiger partial charge on any atom is -0.348 e. The fourth-order valence-electron chi connectivity index (χ4n) is 4.30. The van der Waals surface area contributed by atoms with E-state index in [1.807, 2.05) is 67.6 Å². The van der Waals surface area contributed by atoms with Crippen LogP contribution in [-0.2, 0) is 32.5 Å². The summed E-state index contributed by atoms with van der Waals surface area (Å²) in [6.45, 7) is 3.88. The van der Waals surface area contributed by atoms with Crippen molar-refractivity contribution in [1.82, 2.24) is 10.0 Å². The average molecular weight is 492 g/mol. The SMILES string of the molecule is CC(=O)N1CCc2cc(S(=O)(=O)N[C@H](Cc3ccccc3)C(=O)N[C@H](C)c3ccccc3)ccc21. The first-order chi connectivity index (χ1) is 16.7. The zero-order valence-corrected chi connectivity index (χ0v) is 20.6. The molecule has 1 aliphatic heterocycles. The molecular formula is C27H29N3O4S. The van der Waals surface area contributed by atoms with Gasteiger partial charge in [0, 0.05) is 19.2 Å². The number of rotatable bonds is 8. The lowest BCUT2D eigenvalue weighted by molar-refractivity contribution is -0.123. The number of amides is 2. The lowest BCUT2D eigenvalue weighted by Crippen LogP contribution is -2.48. The number of sulfonamides is 1. The zero-order valence-electron chi connectivity index (χ0n) is 19.8. The van der Waals surface area contributed by atoms with Crippen LogP contribution >= 0.6 is 0 Å². The first kappa shape index (κ1) is 24.6. The van der Waals surface area contributed by atoms with Gasteiger partial charge < -0.3 is 10.2 Å². The quantitative estimate of drug-likeness (QED) is 0.505. The molecule has 0 aliphatic carbocycles. The fraction of sp³-hybridized carbons (Fsp3) is 0.259. The summed E-state index contributed by atoms with van der Waals surface area (Å²) in [7, 11) is -4.00. The number of benzene rings is 3. The second-order valence-corrected chi connectivity index (χ2v) is 10.4. The lowest BCUT2D eigenvalue weighted by atomic mass is 10.0. The van der Waals surface area contributed by atoms with Crippen molar-refractivity contribution in [3.63, 3.8) is 0 Å². The second-order valence-electron chi connectivity index (χ2n) is 8.72. The van der Waals surface area contributed by atoms with E-state index < -0.39 is 22.0 Å². The van der Waals surface area contributed by atoms with Crippen molar-refractivity contribution in [2.45, 2.75) is 43.7 Å². The molecule has 3 aromatic rings. The van der Waals surface area contributed by atoms with E-state index in [1.165, 1.54) is 13.0 Å². The van der Waals surface area contributed by atoms with Gasteiger partial charge in [0.2, 0.25) is 21.8 Å². The highest BCUT2D eigenvalue weighted by molar-refractivity contribution is 7.89. The summed E-state index contributed by atoms with van der Waals surface area (Å²) < 4.78 is 29.3. The van der Waals surface area contributed by atoms with Crippen LogP contribution < -0.4 is 14.9 Å². The molecule has 0 bridgehead atoms. The van der Waals surface area contributed by atoms with E-state index in [-0.39, 0.29) is 23.3 Å². The van der Waals surface area contributed by atoms with E-state index in [0.29, 0.717) is 13.0 Å². The average Bonchev–Trinajstić information content (AvgIpc) is 3.28. The van der Waals surface area contributed by atoms with Crippen molar-refractivity contribution in [3.8, 4) is 0 Å². The van der Waals surface area contributed by atoms with Crippen molar-refractivity contribution < 1.29 is 18.0 Å². The normalized spacial score (nSPS) is 14.7. The molecule has 182 valence electrons. The van der Waals surface area contributed by atoms with Crippen molar-refractivity contribution >= 4 is 27.5 Å². The molecule has 35 heavy (non-hydrogen) atoms. The van der Waals surface area contributed by atoms with E-state index in [9.17, 15) is 18.0 Å². The molecule has 2 N–H and O–H groups in total. The predicted molar refractivity (Wildman–Crippen MR) is 135 cm³/mol. The van der Waals surface area contributed by atoms with E-state index in [2.05, 4.69) is 10.0 Å². The molecule has 0 spiro atoms. The van der Waals surface area contributed by atoms with Gasteiger partial charge in [-0.2, -0.15) is 4.72 Å². The molecule has 2 amide bonds. The highest BCUT2D eigenvalue weighted by Gasteiger charge is 2.29. The van der Waals surface area contributed by atoms with Crippen LogP contribution in [0.4, 0.5) is 5.69 Å². The Morgan fingerprint density at radius 3 is 2.29 bits per heavy atom. The standard InChI is InChI=1S/C27H29N3O4S/c1-19(22-11-7-4-8-12-22)28-27(32)25(17-21-9-5-3-6-10-21)29-35(33,34)24-13-14-26-23(18-24)15-16-30(26)20(2)31/h3-14,18-19,25,29H,15-17H2,1-2H3,(H,28,32)/t19-,25-/m1/s1. The third-order valence-corrected chi connectivity index (χ3v) is 7.66. The fourth-order valence-corrected chi connectivity index (χ4v) is 5.55. The first-order valence-electron chi connectivity index (χ1n) is 11.6. The summed E-state index contributed by atoms with van der Waals surface area (Å²) in [5, 5.41) is 2.94. The summed E-state index contributed by atoms with van der Waals surface area (Å²) >= 11 is 0. The minimum atomic E-state index is -4.00. The summed E-state index contributed by atoms with van der Waals surface area (Å²) in [6.07, 6.45) is 0.789. The summed E-state index contributed by atoms with van der Waals surface area (Å²) in [6, 6.07) is 22.2. The Balaban J connectivity index is 1.57. The van der Waals surface area contributed by atoms with Crippen LogP contribution in [0.1, 0.15) is 36.6 Å². The molecule has 0 saturated carbocycles. The van der Waals surface area contributed by atoms with Gasteiger partial charge >= 0.3 is 0 Å². The number of hydrogen-bond donors (Lipinski definition) is 2. The molecule has 1 heterocycles. The Morgan fingerprint density at radius 1 is 0.971 bits per heavy atom. The molecule has 4 rings (SSSR count). The highest BCUT2D eigenvalue weighted by Crippen LogP contribution is 2.30. The summed E-state index contributed by atoms with van der Waals surface area (Å²) in [4.78, 5) is 26.8. The first-order valence-corrected chi connectivity index (χ1v) is 13.1. The van der Waals surface area contributed by atoms with Crippen LogP contribution in [0.5, 0.6) is 0 Å². The van der Waals surface area contributed by atoms with Crippen molar-refractivity contribution in [3.05, 3.63) is 95.6 Å². The lowest BCUT2D eigenvalue weighted by Gasteiger charge is -2.22. The second kappa shape index (κ2) is 10.4. The zero-order chi connectivity index (χ0) is 25.0. The Morgan fingerprint density at radius 2 is 1.63 bits per heavy atom. The third-order valence-electron chi connectivity index (χ3n) is 6.19. The maximum Gasteiger partial charge on any atom is 0.241 e. The molecule has 3 aromatic carbocycles. The van der Waals surface area contributed by atoms with E-state index in [1.54, 1.807) is 17.0 Å². The van der Waals surface area contributed by atoms with Gasteiger partial charge in [-0.15, -0.1) is 0 Å². The molecule has 8 heteroatoms. The van der Waals surface area contributed by atoms with E-state index in [0.717, 1.165) is 22.4 Å². The molecule has 0 aromatic heterocycles. The van der Waals surface area contributed by atoms with Crippen LogP contribution in [0.3, 0.4) is 0 Å². The molecule has 0 unspecified atom stereocenters. The van der Waals surface area contributed by atoms with E-state index >= 15 is 0 Å². The predicted octanol–water partition coefficient (Wildman–Crippen LogP) is 3.36. The third kappa shape index (κ3) is 5.78. The van der Waals surface area contributed by atoms with Gasteiger partial charge in [0.25, 0.3) is 0 Å². The van der Waals surface area contributed by atoms with Crippen molar-refractivity contribution in [2.75, 3.05) is 11.4 Å². The van der Waals surface area contributed by atoms with Gasteiger partial charge in [-0.3, -0.25) is 9.59 Å². The maximum absolute atomic E-state index is 13.3. The van der Waals surface area contributed by atoms with Crippen LogP contribution in [0, 0.1) is 0 Å². The molecule has 0 radical (unpaired) electrons. The van der Waals surface area contributed by atoms with Gasteiger partial charge in [-0.1, -0.05) is 60.7 Å². The molecule has 0 fully saturated rings. The van der Waals surface area contributed by atoms with Crippen LogP contribution in [0.25, 0.3) is 0 Å². The van der Waals surface area contributed by atoms with Gasteiger partial charge in [-0.05, 0) is 54.7 Å². The number of carbonyl (C=O) groups excluding carboxylic acids is 2. The Bertz CT molecular complexity index is 1310. The topological polar surface area (TPSA) is 95.6 Å². The minimum absolute atomic E-state index is 0.0728. The number of nitrogens with zero attached hydrogens (tertiary/aromatic N) is 1. The maximum atomic E-state index is 13.3. The van der Waals surface area contributed by atoms with Crippen molar-refractivity contribution in [2.24, 2.45) is 0 Å². The Kier molecular flexibility index (Phi) is 7.33. The number of fused-ring (bicyclic) bond motifs is 1. The van der Waals surface area contributed by atoms with Crippen LogP contribution in [0.2, 0.25) is 0 Å². The van der Waals surface area contributed by atoms with Gasteiger partial charge in [0.1, 0.15) is 6.04 Å². The van der Waals surface area contributed by atoms with Gasteiger partial charge in [0.15, 0.2) is 0 Å². The van der Waals surface area contributed by atoms with Gasteiger partial charge in [-0.25, -0.2) is 8.42 Å². The van der Waals surface area contributed by atoms with Crippen molar-refractivity contribution in [1.29, 1.82) is 0 Å². The molecule has 7 nitrogen and oxygen atoms in total. The van der Waals surface area contributed by atoms with Crippen LogP contribution in [-0.4, -0.2) is 32.8 Å². The Hall–Kier alpha value is -3.49. The molecule has 1 aliphatic rings. The number of nitrogens with one attached hydrogen (secondary N) is 2. The number of hydrogen-bond acceptors (Lipinski definition) is 4. The van der Waals surface area contributed by atoms with Crippen LogP contribution in [0.15, 0.2) is 83.8 Å². The van der Waals surface area contributed by atoms with Gasteiger partial charge in [0.05, 0.1) is 10.9 Å². The van der Waals surface area contributed by atoms with E-state index in [4.69, 9.17) is 0 Å². The highest BCUT2D eigenvalue weighted by atomic mass is 32.2. The molecule has 2 atom stereocenters. The summed E-state index contributed by atoms with van der Waals surface area (Å²) in [5.41, 5.74) is 3.29. The monoisotopic (exact) mass is 491 g/mol. The largest absolute Gasteiger partial charge is 0.348 e. The Labute approximate surface area is 206 Å². The number of anilines is 1. The smallest absolute Gasteiger partial charge is 0.241 e. The summed E-state index contributed by atoms with van der Waals surface area (Å²) in [5.74, 6) is -0.484. The number of carbonyl (C=O) groups is 2.